The van der Waals surface area contributed by atoms with Crippen LogP contribution in [-0.4, -0.2) is 42.4 Å². The number of rotatable bonds is 4. The highest BCUT2D eigenvalue weighted by Gasteiger charge is 2.34. The van der Waals surface area contributed by atoms with Crippen molar-refractivity contribution in [1.29, 1.82) is 0 Å². The van der Waals surface area contributed by atoms with Crippen LogP contribution in [0.25, 0.3) is 0 Å². The van der Waals surface area contributed by atoms with E-state index in [0.29, 0.717) is 23.9 Å². The number of likely N-dealkylation sites (tertiary alicyclic amines) is 1. The Morgan fingerprint density at radius 3 is 2.56 bits per heavy atom. The fourth-order valence-electron chi connectivity index (χ4n) is 4.00. The molecule has 1 aliphatic rings. The molecular formula is C22H23ClF3N7O. The highest BCUT2D eigenvalue weighted by atomic mass is 35.5. The van der Waals surface area contributed by atoms with Gasteiger partial charge in [-0.25, -0.2) is 15.5 Å². The van der Waals surface area contributed by atoms with Gasteiger partial charge in [0.2, 0.25) is 5.96 Å². The first-order valence-corrected chi connectivity index (χ1v) is 11.0. The van der Waals surface area contributed by atoms with Crippen molar-refractivity contribution >= 4 is 23.2 Å². The number of hydrogen-bond donors (Lipinski definition) is 2. The lowest BCUT2D eigenvalue weighted by molar-refractivity contribution is -0.141. The van der Waals surface area contributed by atoms with Crippen LogP contribution in [0, 0.1) is 13.8 Å². The molecule has 180 valence electrons. The summed E-state index contributed by atoms with van der Waals surface area (Å²) in [7, 11) is 0. The van der Waals surface area contributed by atoms with Crippen LogP contribution in [0.1, 0.15) is 47.5 Å². The number of nitrogens with one attached hydrogen (secondary N) is 1. The maximum Gasteiger partial charge on any atom is 0.433 e. The van der Waals surface area contributed by atoms with Crippen LogP contribution >= 0.6 is 11.6 Å². The van der Waals surface area contributed by atoms with Gasteiger partial charge in [-0.1, -0.05) is 23.7 Å². The van der Waals surface area contributed by atoms with Gasteiger partial charge in [0.1, 0.15) is 11.5 Å². The number of halogens is 4. The third kappa shape index (κ3) is 5.00. The highest BCUT2D eigenvalue weighted by Crippen LogP contribution is 2.33. The lowest BCUT2D eigenvalue weighted by Gasteiger charge is -2.27. The van der Waals surface area contributed by atoms with Crippen molar-refractivity contribution in [3.8, 4) is 0 Å². The van der Waals surface area contributed by atoms with Gasteiger partial charge in [-0.15, -0.1) is 10.2 Å². The fraction of sp³-hybridized carbons (Fsp3) is 0.364. The maximum atomic E-state index is 12.9. The molecule has 1 unspecified atom stereocenters. The Kier molecular flexibility index (Phi) is 6.76. The second kappa shape index (κ2) is 9.59. The second-order valence-corrected chi connectivity index (χ2v) is 8.45. The van der Waals surface area contributed by atoms with Crippen LogP contribution in [0.3, 0.4) is 0 Å². The van der Waals surface area contributed by atoms with Gasteiger partial charge in [0.05, 0.1) is 24.0 Å². The molecule has 1 saturated heterocycles. The Morgan fingerprint density at radius 2 is 1.91 bits per heavy atom. The first-order valence-electron chi connectivity index (χ1n) is 10.6. The molecule has 3 aromatic rings. The summed E-state index contributed by atoms with van der Waals surface area (Å²) in [5.41, 5.74) is 2.45. The molecule has 2 aromatic heterocycles. The summed E-state index contributed by atoms with van der Waals surface area (Å²) in [4.78, 5) is 9.81. The van der Waals surface area contributed by atoms with Gasteiger partial charge in [-0.2, -0.15) is 13.2 Å². The Morgan fingerprint density at radius 1 is 1.18 bits per heavy atom. The van der Waals surface area contributed by atoms with Crippen molar-refractivity contribution in [2.75, 3.05) is 6.54 Å². The number of aromatic nitrogens is 4. The van der Waals surface area contributed by atoms with Gasteiger partial charge in [0.15, 0.2) is 5.82 Å². The number of benzene rings is 1. The molecule has 34 heavy (non-hydrogen) atoms. The molecule has 0 amide bonds. The van der Waals surface area contributed by atoms with Gasteiger partial charge >= 0.3 is 6.18 Å². The SMILES string of the molecule is Cc1nc(C(F)(F)F)ccc1N=C(NO)N1CCCC1c1nnc(C)n1Cc1ccc(Cl)cc1. The summed E-state index contributed by atoms with van der Waals surface area (Å²) in [6.07, 6.45) is -3.00. The monoisotopic (exact) mass is 493 g/mol. The number of aliphatic imine (C=N–C) groups is 1. The molecular weight excluding hydrogens is 471 g/mol. The van der Waals surface area contributed by atoms with Crippen LogP contribution in [0.15, 0.2) is 41.4 Å². The van der Waals surface area contributed by atoms with Crippen molar-refractivity contribution in [3.63, 3.8) is 0 Å². The van der Waals surface area contributed by atoms with Crippen molar-refractivity contribution in [3.05, 3.63) is 70.0 Å². The molecule has 2 N–H and O–H groups in total. The minimum absolute atomic E-state index is 0.0973. The number of alkyl halides is 3. The average Bonchev–Trinajstić information content (AvgIpc) is 3.40. The molecule has 0 aliphatic carbocycles. The van der Waals surface area contributed by atoms with Gasteiger partial charge in [0.25, 0.3) is 0 Å². The van der Waals surface area contributed by atoms with Gasteiger partial charge in [-0.3, -0.25) is 5.21 Å². The molecule has 12 heteroatoms. The fourth-order valence-corrected chi connectivity index (χ4v) is 4.12. The molecule has 4 rings (SSSR count). The summed E-state index contributed by atoms with van der Waals surface area (Å²) in [5, 5.41) is 19.1. The van der Waals surface area contributed by atoms with E-state index in [1.54, 1.807) is 0 Å². The average molecular weight is 494 g/mol. The zero-order valence-corrected chi connectivity index (χ0v) is 19.3. The Labute approximate surface area is 199 Å². The molecule has 1 aliphatic heterocycles. The van der Waals surface area contributed by atoms with E-state index in [1.807, 2.05) is 40.7 Å². The molecule has 1 atom stereocenters. The Bertz CT molecular complexity index is 1190. The predicted octanol–water partition coefficient (Wildman–Crippen LogP) is 4.81. The second-order valence-electron chi connectivity index (χ2n) is 8.02. The normalized spacial score (nSPS) is 16.9. The van der Waals surface area contributed by atoms with E-state index in [-0.39, 0.29) is 23.4 Å². The summed E-state index contributed by atoms with van der Waals surface area (Å²) in [6, 6.07) is 9.36. The smallest absolute Gasteiger partial charge is 0.331 e. The molecule has 0 radical (unpaired) electrons. The zero-order chi connectivity index (χ0) is 24.5. The molecule has 1 fully saturated rings. The quantitative estimate of drug-likeness (QED) is 0.308. The summed E-state index contributed by atoms with van der Waals surface area (Å²) >= 11 is 6.00. The molecule has 0 spiro atoms. The van der Waals surface area contributed by atoms with Crippen LogP contribution in [0.4, 0.5) is 18.9 Å². The van der Waals surface area contributed by atoms with Gasteiger partial charge in [0, 0.05) is 11.6 Å². The van der Waals surface area contributed by atoms with Gasteiger partial charge < -0.3 is 9.47 Å². The van der Waals surface area contributed by atoms with E-state index in [0.717, 1.165) is 30.3 Å². The largest absolute Gasteiger partial charge is 0.433 e. The summed E-state index contributed by atoms with van der Waals surface area (Å²) in [5.74, 6) is 1.54. The minimum atomic E-state index is -4.54. The Hall–Kier alpha value is -3.18. The lowest BCUT2D eigenvalue weighted by atomic mass is 10.2. The molecule has 1 aromatic carbocycles. The van der Waals surface area contributed by atoms with Crippen molar-refractivity contribution in [1.82, 2.24) is 30.1 Å². The van der Waals surface area contributed by atoms with Crippen LogP contribution in [0.2, 0.25) is 5.02 Å². The van der Waals surface area contributed by atoms with E-state index in [9.17, 15) is 18.4 Å². The highest BCUT2D eigenvalue weighted by molar-refractivity contribution is 6.30. The van der Waals surface area contributed by atoms with Crippen LogP contribution in [0.5, 0.6) is 0 Å². The third-order valence-electron chi connectivity index (χ3n) is 5.72. The molecule has 3 heterocycles. The Balaban J connectivity index is 1.64. The summed E-state index contributed by atoms with van der Waals surface area (Å²) < 4.78 is 40.8. The van der Waals surface area contributed by atoms with Gasteiger partial charge in [-0.05, 0) is 56.5 Å². The topological polar surface area (TPSA) is 91.5 Å². The number of pyridine rings is 1. The first-order chi connectivity index (χ1) is 16.2. The molecule has 0 bridgehead atoms. The van der Waals surface area contributed by atoms with E-state index in [1.165, 1.54) is 13.0 Å². The minimum Gasteiger partial charge on any atom is -0.331 e. The number of hydrogen-bond acceptors (Lipinski definition) is 5. The first kappa shape index (κ1) is 24.0. The number of guanidine groups is 1. The number of hydroxylamine groups is 1. The molecule has 0 saturated carbocycles. The van der Waals surface area contributed by atoms with Crippen molar-refractivity contribution in [2.24, 2.45) is 4.99 Å². The molecule has 8 nitrogen and oxygen atoms in total. The summed E-state index contributed by atoms with van der Waals surface area (Å²) in [6.45, 7) is 4.41. The predicted molar refractivity (Wildman–Crippen MR) is 120 cm³/mol. The van der Waals surface area contributed by atoms with E-state index in [4.69, 9.17) is 11.6 Å². The number of aryl methyl sites for hydroxylation is 2. The lowest BCUT2D eigenvalue weighted by Crippen LogP contribution is -2.40. The van der Waals surface area contributed by atoms with E-state index < -0.39 is 11.9 Å². The zero-order valence-electron chi connectivity index (χ0n) is 18.5. The van der Waals surface area contributed by atoms with Crippen molar-refractivity contribution in [2.45, 2.75) is 45.5 Å². The maximum absolute atomic E-state index is 12.9. The third-order valence-corrected chi connectivity index (χ3v) is 5.97. The standard InChI is InChI=1S/C22H23ClF3N7O/c1-13-17(9-10-19(27-13)22(24,25)26)28-21(31-34)32-11-3-4-18(32)20-30-29-14(2)33(20)12-15-5-7-16(23)8-6-15/h5-10,18,34H,3-4,11-12H2,1-2H3,(H,28,31). The van der Waals surface area contributed by atoms with E-state index in [2.05, 4.69) is 25.7 Å². The van der Waals surface area contributed by atoms with Crippen molar-refractivity contribution < 1.29 is 18.4 Å². The van der Waals surface area contributed by atoms with Crippen LogP contribution < -0.4 is 5.48 Å². The number of nitrogens with zero attached hydrogens (tertiary/aromatic N) is 6. The van der Waals surface area contributed by atoms with E-state index >= 15 is 0 Å². The van der Waals surface area contributed by atoms with Crippen LogP contribution in [-0.2, 0) is 12.7 Å².